The maximum Gasteiger partial charge on any atom is 0.292 e. The van der Waals surface area contributed by atoms with E-state index in [1.165, 1.54) is 6.07 Å². The smallest absolute Gasteiger partial charge is 0.292 e. The van der Waals surface area contributed by atoms with E-state index in [-0.39, 0.29) is 11.6 Å². The summed E-state index contributed by atoms with van der Waals surface area (Å²) >= 11 is 0. The number of nitro groups is 1. The highest BCUT2D eigenvalue weighted by molar-refractivity contribution is 5.77. The van der Waals surface area contributed by atoms with Gasteiger partial charge in [-0.1, -0.05) is 12.1 Å². The van der Waals surface area contributed by atoms with Crippen molar-refractivity contribution >= 4 is 17.3 Å². The molecular formula is C15H22N4O3. The molecule has 0 radical (unpaired) electrons. The van der Waals surface area contributed by atoms with Gasteiger partial charge >= 0.3 is 0 Å². The van der Waals surface area contributed by atoms with Gasteiger partial charge in [-0.3, -0.25) is 14.9 Å². The highest BCUT2D eigenvalue weighted by Gasteiger charge is 2.25. The fourth-order valence-corrected chi connectivity index (χ4v) is 2.76. The molecule has 1 aliphatic rings. The summed E-state index contributed by atoms with van der Waals surface area (Å²) in [7, 11) is 1.92. The molecule has 7 nitrogen and oxygen atoms in total. The van der Waals surface area contributed by atoms with E-state index in [1.54, 1.807) is 18.2 Å². The average Bonchev–Trinajstić information content (AvgIpc) is 2.96. The first-order chi connectivity index (χ1) is 10.6. The summed E-state index contributed by atoms with van der Waals surface area (Å²) in [5.74, 6) is 0.627. The number of rotatable bonds is 7. The van der Waals surface area contributed by atoms with Crippen LogP contribution in [0.15, 0.2) is 24.3 Å². The Kier molecular flexibility index (Phi) is 5.71. The monoisotopic (exact) mass is 306 g/mol. The standard InChI is InChI=1S/C15H22N4O3/c1-16-10-12-7-9-18(11-12)15(20)6-8-17-13-4-2-3-5-14(13)19(21)22/h2-5,12,16-17H,6-11H2,1H3. The van der Waals surface area contributed by atoms with E-state index in [9.17, 15) is 14.9 Å². The number of nitrogens with one attached hydrogen (secondary N) is 2. The number of benzene rings is 1. The Bertz CT molecular complexity index is 535. The number of para-hydroxylation sites is 2. The van der Waals surface area contributed by atoms with Gasteiger partial charge in [0.2, 0.25) is 5.91 Å². The van der Waals surface area contributed by atoms with Crippen LogP contribution in [-0.2, 0) is 4.79 Å². The van der Waals surface area contributed by atoms with E-state index < -0.39 is 4.92 Å². The Labute approximate surface area is 129 Å². The molecule has 1 aromatic rings. The second-order valence-corrected chi connectivity index (χ2v) is 5.50. The third-order valence-electron chi connectivity index (χ3n) is 3.89. The molecule has 22 heavy (non-hydrogen) atoms. The van der Waals surface area contributed by atoms with Crippen LogP contribution in [0.4, 0.5) is 11.4 Å². The topological polar surface area (TPSA) is 87.5 Å². The summed E-state index contributed by atoms with van der Waals surface area (Å²) in [6.45, 7) is 2.93. The van der Waals surface area contributed by atoms with Gasteiger partial charge in [-0.05, 0) is 32.0 Å². The summed E-state index contributed by atoms with van der Waals surface area (Å²) < 4.78 is 0. The Morgan fingerprint density at radius 2 is 2.23 bits per heavy atom. The molecule has 2 N–H and O–H groups in total. The third-order valence-corrected chi connectivity index (χ3v) is 3.89. The highest BCUT2D eigenvalue weighted by Crippen LogP contribution is 2.23. The quantitative estimate of drug-likeness (QED) is 0.588. The first-order valence-corrected chi connectivity index (χ1v) is 7.51. The van der Waals surface area contributed by atoms with Crippen molar-refractivity contribution in [3.63, 3.8) is 0 Å². The first kappa shape index (κ1) is 16.2. The van der Waals surface area contributed by atoms with E-state index in [4.69, 9.17) is 0 Å². The molecule has 2 rings (SSSR count). The van der Waals surface area contributed by atoms with E-state index in [1.807, 2.05) is 11.9 Å². The zero-order chi connectivity index (χ0) is 15.9. The van der Waals surface area contributed by atoms with E-state index >= 15 is 0 Å². The van der Waals surface area contributed by atoms with Gasteiger partial charge in [0, 0.05) is 32.1 Å². The highest BCUT2D eigenvalue weighted by atomic mass is 16.6. The number of likely N-dealkylation sites (tertiary alicyclic amines) is 1. The maximum absolute atomic E-state index is 12.1. The Morgan fingerprint density at radius 1 is 1.45 bits per heavy atom. The summed E-state index contributed by atoms with van der Waals surface area (Å²) in [6, 6.07) is 6.47. The molecule has 0 bridgehead atoms. The molecule has 1 fully saturated rings. The molecule has 7 heteroatoms. The predicted octanol–water partition coefficient (Wildman–Crippen LogP) is 1.46. The number of nitrogens with zero attached hydrogens (tertiary/aromatic N) is 2. The minimum absolute atomic E-state index is 0.0326. The normalized spacial score (nSPS) is 17.5. The van der Waals surface area contributed by atoms with Gasteiger partial charge in [-0.2, -0.15) is 0 Å². The van der Waals surface area contributed by atoms with Crippen molar-refractivity contribution in [3.05, 3.63) is 34.4 Å². The van der Waals surface area contributed by atoms with Gasteiger partial charge in [-0.25, -0.2) is 0 Å². The number of carbonyl (C=O) groups is 1. The lowest BCUT2D eigenvalue weighted by atomic mass is 10.1. The van der Waals surface area contributed by atoms with Crippen LogP contribution < -0.4 is 10.6 Å². The average molecular weight is 306 g/mol. The van der Waals surface area contributed by atoms with Gasteiger partial charge in [-0.15, -0.1) is 0 Å². The molecule has 1 atom stereocenters. The van der Waals surface area contributed by atoms with Crippen molar-refractivity contribution in [2.24, 2.45) is 5.92 Å². The number of hydrogen-bond acceptors (Lipinski definition) is 5. The molecule has 120 valence electrons. The Hall–Kier alpha value is -2.15. The maximum atomic E-state index is 12.1. The van der Waals surface area contributed by atoms with Gasteiger partial charge in [0.05, 0.1) is 4.92 Å². The van der Waals surface area contributed by atoms with Gasteiger partial charge in [0.1, 0.15) is 5.69 Å². The number of amides is 1. The van der Waals surface area contributed by atoms with Crippen LogP contribution in [-0.4, -0.2) is 49.0 Å². The third kappa shape index (κ3) is 4.17. The summed E-state index contributed by atoms with van der Waals surface area (Å²) in [4.78, 5) is 24.5. The molecule has 0 aromatic heterocycles. The Balaban J connectivity index is 1.79. The molecule has 0 saturated carbocycles. The van der Waals surface area contributed by atoms with Crippen LogP contribution in [0.1, 0.15) is 12.8 Å². The van der Waals surface area contributed by atoms with Crippen molar-refractivity contribution in [2.45, 2.75) is 12.8 Å². The zero-order valence-electron chi connectivity index (χ0n) is 12.7. The van der Waals surface area contributed by atoms with Crippen molar-refractivity contribution in [2.75, 3.05) is 38.5 Å². The van der Waals surface area contributed by atoms with Crippen molar-refractivity contribution in [3.8, 4) is 0 Å². The lowest BCUT2D eigenvalue weighted by Gasteiger charge is -2.17. The number of nitro benzene ring substituents is 1. The van der Waals surface area contributed by atoms with Crippen molar-refractivity contribution < 1.29 is 9.72 Å². The summed E-state index contributed by atoms with van der Waals surface area (Å²) in [5, 5.41) is 17.0. The molecule has 1 aliphatic heterocycles. The molecular weight excluding hydrogens is 284 g/mol. The number of anilines is 1. The molecule has 0 spiro atoms. The lowest BCUT2D eigenvalue weighted by molar-refractivity contribution is -0.384. The van der Waals surface area contributed by atoms with Crippen LogP contribution >= 0.6 is 0 Å². The van der Waals surface area contributed by atoms with Crippen LogP contribution in [0.5, 0.6) is 0 Å². The van der Waals surface area contributed by atoms with Crippen LogP contribution in [0.25, 0.3) is 0 Å². The van der Waals surface area contributed by atoms with Gasteiger partial charge < -0.3 is 15.5 Å². The van der Waals surface area contributed by atoms with E-state index in [2.05, 4.69) is 10.6 Å². The summed E-state index contributed by atoms with van der Waals surface area (Å²) in [5.41, 5.74) is 0.486. The molecule has 1 heterocycles. The molecule has 1 unspecified atom stereocenters. The van der Waals surface area contributed by atoms with Gasteiger partial charge in [0.15, 0.2) is 0 Å². The predicted molar refractivity (Wildman–Crippen MR) is 84.8 cm³/mol. The molecule has 1 amide bonds. The lowest BCUT2D eigenvalue weighted by Crippen LogP contribution is -2.31. The minimum atomic E-state index is -0.424. The fourth-order valence-electron chi connectivity index (χ4n) is 2.76. The van der Waals surface area contributed by atoms with Crippen LogP contribution in [0.3, 0.4) is 0 Å². The van der Waals surface area contributed by atoms with Crippen LogP contribution in [0.2, 0.25) is 0 Å². The van der Waals surface area contributed by atoms with Crippen molar-refractivity contribution in [1.29, 1.82) is 0 Å². The van der Waals surface area contributed by atoms with Crippen LogP contribution in [0, 0.1) is 16.0 Å². The van der Waals surface area contributed by atoms with E-state index in [0.29, 0.717) is 24.6 Å². The molecule has 1 aromatic carbocycles. The second-order valence-electron chi connectivity index (χ2n) is 5.50. The Morgan fingerprint density at radius 3 is 2.95 bits per heavy atom. The second kappa shape index (κ2) is 7.74. The van der Waals surface area contributed by atoms with Gasteiger partial charge in [0.25, 0.3) is 5.69 Å². The van der Waals surface area contributed by atoms with E-state index in [0.717, 1.165) is 26.1 Å². The number of carbonyl (C=O) groups excluding carboxylic acids is 1. The fraction of sp³-hybridized carbons (Fsp3) is 0.533. The minimum Gasteiger partial charge on any atom is -0.379 e. The SMILES string of the molecule is CNCC1CCN(C(=O)CCNc2ccccc2[N+](=O)[O-])C1. The number of hydrogen-bond donors (Lipinski definition) is 2. The molecule has 1 saturated heterocycles. The molecule has 0 aliphatic carbocycles. The van der Waals surface area contributed by atoms with Crippen molar-refractivity contribution in [1.82, 2.24) is 10.2 Å². The largest absolute Gasteiger partial charge is 0.379 e. The zero-order valence-corrected chi connectivity index (χ0v) is 12.7. The summed E-state index contributed by atoms with van der Waals surface area (Å²) in [6.07, 6.45) is 1.38. The first-order valence-electron chi connectivity index (χ1n) is 7.51.